The summed E-state index contributed by atoms with van der Waals surface area (Å²) in [7, 11) is 0. The number of hydrogen-bond donors (Lipinski definition) is 1. The lowest BCUT2D eigenvalue weighted by molar-refractivity contribution is -0.141. The number of alkyl halides is 3. The van der Waals surface area contributed by atoms with Crippen LogP contribution in [0.1, 0.15) is 31.1 Å². The van der Waals surface area contributed by atoms with Gasteiger partial charge in [-0.1, -0.05) is 0 Å². The molecule has 0 aliphatic heterocycles. The van der Waals surface area contributed by atoms with Gasteiger partial charge in [0.15, 0.2) is 0 Å². The Morgan fingerprint density at radius 3 is 2.62 bits per heavy atom. The van der Waals surface area contributed by atoms with Crippen molar-refractivity contribution in [1.29, 1.82) is 0 Å². The first kappa shape index (κ1) is 15.3. The van der Waals surface area contributed by atoms with Crippen LogP contribution in [0.3, 0.4) is 0 Å². The Balaban J connectivity index is 2.36. The predicted octanol–water partition coefficient (Wildman–Crippen LogP) is 2.73. The van der Waals surface area contributed by atoms with Crippen molar-refractivity contribution in [2.75, 3.05) is 11.9 Å². The van der Waals surface area contributed by atoms with Gasteiger partial charge in [0, 0.05) is 31.9 Å². The number of anilines is 1. The molecule has 0 amide bonds. The van der Waals surface area contributed by atoms with Crippen LogP contribution in [0.2, 0.25) is 0 Å². The fourth-order valence-electron chi connectivity index (χ4n) is 1.93. The quantitative estimate of drug-likeness (QED) is 0.922. The summed E-state index contributed by atoms with van der Waals surface area (Å²) in [5.74, 6) is 0.656. The van der Waals surface area contributed by atoms with Gasteiger partial charge in [0.05, 0.1) is 5.69 Å². The molecule has 5 nitrogen and oxygen atoms in total. The van der Waals surface area contributed by atoms with Gasteiger partial charge in [-0.3, -0.25) is 0 Å². The highest BCUT2D eigenvalue weighted by Crippen LogP contribution is 2.29. The van der Waals surface area contributed by atoms with Crippen molar-refractivity contribution in [2.24, 2.45) is 0 Å². The number of hydrogen-bond acceptors (Lipinski definition) is 4. The number of aryl methyl sites for hydroxylation is 1. The first-order valence-electron chi connectivity index (χ1n) is 6.63. The summed E-state index contributed by atoms with van der Waals surface area (Å²) < 4.78 is 40.5. The van der Waals surface area contributed by atoms with Crippen LogP contribution in [-0.4, -0.2) is 26.1 Å². The van der Waals surface area contributed by atoms with Gasteiger partial charge < -0.3 is 9.88 Å². The predicted molar refractivity (Wildman–Crippen MR) is 71.9 cm³/mol. The molecule has 0 saturated carbocycles. The van der Waals surface area contributed by atoms with E-state index in [1.807, 2.05) is 11.5 Å². The largest absolute Gasteiger partial charge is 0.433 e. The molecule has 2 aromatic heterocycles. The fourth-order valence-corrected chi connectivity index (χ4v) is 1.93. The van der Waals surface area contributed by atoms with Gasteiger partial charge in [0.1, 0.15) is 11.5 Å². The maximum atomic E-state index is 12.9. The normalized spacial score (nSPS) is 11.7. The third kappa shape index (κ3) is 3.71. The van der Waals surface area contributed by atoms with Crippen LogP contribution < -0.4 is 5.32 Å². The Hall–Kier alpha value is -2.12. The van der Waals surface area contributed by atoms with Crippen molar-refractivity contribution >= 4 is 5.95 Å². The molecule has 2 heterocycles. The van der Waals surface area contributed by atoms with E-state index in [4.69, 9.17) is 0 Å². The molecule has 1 N–H and O–H groups in total. The number of imidazole rings is 1. The average Bonchev–Trinajstić information content (AvgIpc) is 2.85. The van der Waals surface area contributed by atoms with Crippen molar-refractivity contribution in [3.63, 3.8) is 0 Å². The lowest BCUT2D eigenvalue weighted by atomic mass is 10.2. The monoisotopic (exact) mass is 299 g/mol. The van der Waals surface area contributed by atoms with Crippen molar-refractivity contribution in [3.8, 4) is 0 Å². The summed E-state index contributed by atoms with van der Waals surface area (Å²) in [6.07, 6.45) is -0.866. The number of nitrogens with one attached hydrogen (secondary N) is 1. The molecule has 2 rings (SSSR count). The molecule has 2 aromatic rings. The fraction of sp³-hybridized carbons (Fsp3) is 0.462. The Bertz CT molecular complexity index is 606. The molecule has 0 saturated heterocycles. The topological polar surface area (TPSA) is 55.6 Å². The zero-order valence-corrected chi connectivity index (χ0v) is 11.8. The second kappa shape index (κ2) is 6.11. The maximum absolute atomic E-state index is 12.9. The summed E-state index contributed by atoms with van der Waals surface area (Å²) in [4.78, 5) is 11.8. The third-order valence-corrected chi connectivity index (χ3v) is 2.89. The SMILES string of the molecule is CCNc1nc(Cc2nccn2CC)cc(C(F)(F)F)n1. The van der Waals surface area contributed by atoms with Gasteiger partial charge in [-0.2, -0.15) is 13.2 Å². The van der Waals surface area contributed by atoms with E-state index in [2.05, 4.69) is 20.3 Å². The Labute approximate surface area is 120 Å². The molecule has 0 bridgehead atoms. The van der Waals surface area contributed by atoms with Crippen LogP contribution in [0.25, 0.3) is 0 Å². The van der Waals surface area contributed by atoms with Crippen LogP contribution in [0, 0.1) is 0 Å². The lowest BCUT2D eigenvalue weighted by Crippen LogP contribution is -2.14. The standard InChI is InChI=1S/C13H16F3N5/c1-3-17-12-19-9(7-10(20-12)13(14,15)16)8-11-18-5-6-21(11)4-2/h5-7H,3-4,8H2,1-2H3,(H,17,19,20). The van der Waals surface area contributed by atoms with Gasteiger partial charge in [0.25, 0.3) is 0 Å². The zero-order valence-electron chi connectivity index (χ0n) is 11.8. The Morgan fingerprint density at radius 1 is 1.24 bits per heavy atom. The summed E-state index contributed by atoms with van der Waals surface area (Å²) in [6.45, 7) is 4.86. The molecule has 0 fully saturated rings. The molecule has 8 heteroatoms. The van der Waals surface area contributed by atoms with Crippen molar-refractivity contribution in [3.05, 3.63) is 35.7 Å². The Kier molecular flexibility index (Phi) is 4.44. The Morgan fingerprint density at radius 2 is 2.00 bits per heavy atom. The minimum absolute atomic E-state index is 0.0167. The summed E-state index contributed by atoms with van der Waals surface area (Å²) in [6, 6.07) is 0.968. The smallest absolute Gasteiger partial charge is 0.354 e. The van der Waals surface area contributed by atoms with Crippen LogP contribution in [0.5, 0.6) is 0 Å². The van der Waals surface area contributed by atoms with E-state index in [1.54, 1.807) is 19.3 Å². The first-order valence-corrected chi connectivity index (χ1v) is 6.63. The number of rotatable bonds is 5. The number of nitrogens with zero attached hydrogens (tertiary/aromatic N) is 4. The van der Waals surface area contributed by atoms with Gasteiger partial charge in [-0.15, -0.1) is 0 Å². The minimum atomic E-state index is -4.50. The van der Waals surface area contributed by atoms with Crippen LogP contribution >= 0.6 is 0 Å². The molecule has 114 valence electrons. The van der Waals surface area contributed by atoms with Gasteiger partial charge in [-0.25, -0.2) is 15.0 Å². The summed E-state index contributed by atoms with van der Waals surface area (Å²) in [5.41, 5.74) is -0.660. The van der Waals surface area contributed by atoms with E-state index in [0.29, 0.717) is 18.9 Å². The molecule has 0 spiro atoms. The molecule has 0 aliphatic rings. The van der Waals surface area contributed by atoms with Crippen LogP contribution in [0.4, 0.5) is 19.1 Å². The van der Waals surface area contributed by atoms with E-state index >= 15 is 0 Å². The van der Waals surface area contributed by atoms with Crippen LogP contribution in [-0.2, 0) is 19.1 Å². The van der Waals surface area contributed by atoms with Crippen molar-refractivity contribution in [2.45, 2.75) is 33.0 Å². The molecule has 0 radical (unpaired) electrons. The first-order chi connectivity index (χ1) is 9.94. The number of aromatic nitrogens is 4. The van der Waals surface area contributed by atoms with E-state index in [1.165, 1.54) is 0 Å². The van der Waals surface area contributed by atoms with Crippen LogP contribution in [0.15, 0.2) is 18.5 Å². The number of halogens is 3. The minimum Gasteiger partial charge on any atom is -0.354 e. The highest BCUT2D eigenvalue weighted by Gasteiger charge is 2.33. The second-order valence-corrected chi connectivity index (χ2v) is 4.40. The van der Waals surface area contributed by atoms with Gasteiger partial charge in [0.2, 0.25) is 5.95 Å². The van der Waals surface area contributed by atoms with E-state index < -0.39 is 11.9 Å². The highest BCUT2D eigenvalue weighted by molar-refractivity contribution is 5.30. The molecule has 21 heavy (non-hydrogen) atoms. The molecular weight excluding hydrogens is 283 g/mol. The molecule has 0 unspecified atom stereocenters. The van der Waals surface area contributed by atoms with Gasteiger partial charge >= 0.3 is 6.18 Å². The average molecular weight is 299 g/mol. The summed E-state index contributed by atoms with van der Waals surface area (Å²) >= 11 is 0. The molecule has 0 atom stereocenters. The van der Waals surface area contributed by atoms with E-state index in [9.17, 15) is 13.2 Å². The molecular formula is C13H16F3N5. The van der Waals surface area contributed by atoms with E-state index in [-0.39, 0.29) is 18.1 Å². The second-order valence-electron chi connectivity index (χ2n) is 4.40. The summed E-state index contributed by atoms with van der Waals surface area (Å²) in [5, 5.41) is 2.72. The maximum Gasteiger partial charge on any atom is 0.433 e. The third-order valence-electron chi connectivity index (χ3n) is 2.89. The van der Waals surface area contributed by atoms with Crippen molar-refractivity contribution in [1.82, 2.24) is 19.5 Å². The highest BCUT2D eigenvalue weighted by atomic mass is 19.4. The van der Waals surface area contributed by atoms with Gasteiger partial charge in [-0.05, 0) is 19.9 Å². The lowest BCUT2D eigenvalue weighted by Gasteiger charge is -2.11. The van der Waals surface area contributed by atoms with Crippen molar-refractivity contribution < 1.29 is 13.2 Å². The zero-order chi connectivity index (χ0) is 15.5. The van der Waals surface area contributed by atoms with E-state index in [0.717, 1.165) is 6.07 Å². The molecule has 0 aliphatic carbocycles. The molecule has 0 aromatic carbocycles.